The van der Waals surface area contributed by atoms with E-state index in [-0.39, 0.29) is 29.3 Å². The summed E-state index contributed by atoms with van der Waals surface area (Å²) >= 11 is 3.39. The van der Waals surface area contributed by atoms with Crippen molar-refractivity contribution in [3.05, 3.63) is 100 Å². The zero-order chi connectivity index (χ0) is 26.6. The first-order valence-corrected chi connectivity index (χ1v) is 14.0. The number of benzene rings is 3. The van der Waals surface area contributed by atoms with Crippen LogP contribution in [0.1, 0.15) is 28.4 Å². The number of hydrogen-bond donors (Lipinski definition) is 1. The van der Waals surface area contributed by atoms with Crippen molar-refractivity contribution in [2.75, 3.05) is 13.1 Å². The Morgan fingerprint density at radius 1 is 0.946 bits per heavy atom. The van der Waals surface area contributed by atoms with Crippen LogP contribution >= 0.6 is 15.9 Å². The molecule has 1 heterocycles. The molecule has 3 aromatic carbocycles. The van der Waals surface area contributed by atoms with Crippen molar-refractivity contribution >= 4 is 43.7 Å². The van der Waals surface area contributed by atoms with Gasteiger partial charge < -0.3 is 10.2 Å². The van der Waals surface area contributed by atoms with Crippen LogP contribution in [0.25, 0.3) is 0 Å². The maximum atomic E-state index is 13.8. The molecule has 1 N–H and O–H groups in total. The summed E-state index contributed by atoms with van der Waals surface area (Å²) in [6.07, 6.45) is 0.218. The van der Waals surface area contributed by atoms with E-state index in [1.807, 2.05) is 54.6 Å². The van der Waals surface area contributed by atoms with E-state index in [9.17, 15) is 22.8 Å². The molecule has 0 radical (unpaired) electrons. The van der Waals surface area contributed by atoms with Gasteiger partial charge in [0.1, 0.15) is 17.5 Å². The molecule has 0 aromatic heterocycles. The summed E-state index contributed by atoms with van der Waals surface area (Å²) in [4.78, 5) is 41.2. The van der Waals surface area contributed by atoms with E-state index < -0.39 is 34.4 Å². The Morgan fingerprint density at radius 2 is 1.59 bits per heavy atom. The van der Waals surface area contributed by atoms with Crippen LogP contribution < -0.4 is 5.32 Å². The SMILES string of the molecule is CCNC(=O)C(Cc1ccccc1)N(Cc1ccc(Br)cc1)C(=O)CN1C(=O)c2ccccc2S1(=O)=O. The topological polar surface area (TPSA) is 104 Å². The Morgan fingerprint density at radius 3 is 2.24 bits per heavy atom. The highest BCUT2D eigenvalue weighted by atomic mass is 79.9. The lowest BCUT2D eigenvalue weighted by Crippen LogP contribution is -2.53. The van der Waals surface area contributed by atoms with Crippen LogP contribution in [0.3, 0.4) is 0 Å². The smallest absolute Gasteiger partial charge is 0.269 e. The van der Waals surface area contributed by atoms with E-state index in [1.165, 1.54) is 23.1 Å². The summed E-state index contributed by atoms with van der Waals surface area (Å²) in [5, 5.41) is 2.79. The second-order valence-electron chi connectivity index (χ2n) is 8.56. The van der Waals surface area contributed by atoms with Gasteiger partial charge in [0.2, 0.25) is 11.8 Å². The van der Waals surface area contributed by atoms with Crippen molar-refractivity contribution in [3.8, 4) is 0 Å². The number of halogens is 1. The molecule has 0 saturated heterocycles. The molecule has 1 unspecified atom stereocenters. The third-order valence-corrected chi connectivity index (χ3v) is 8.39. The number of carbonyl (C=O) groups excluding carboxylic acids is 3. The van der Waals surface area contributed by atoms with Crippen molar-refractivity contribution in [2.45, 2.75) is 30.8 Å². The first-order valence-electron chi connectivity index (χ1n) is 11.7. The number of amides is 3. The van der Waals surface area contributed by atoms with E-state index in [1.54, 1.807) is 13.0 Å². The highest BCUT2D eigenvalue weighted by molar-refractivity contribution is 9.10. The van der Waals surface area contributed by atoms with Crippen molar-refractivity contribution in [2.24, 2.45) is 0 Å². The van der Waals surface area contributed by atoms with Crippen LogP contribution in [0.2, 0.25) is 0 Å². The van der Waals surface area contributed by atoms with Crippen LogP contribution in [-0.2, 0) is 32.6 Å². The number of rotatable bonds is 9. The van der Waals surface area contributed by atoms with E-state index in [0.717, 1.165) is 15.6 Å². The number of carbonyl (C=O) groups is 3. The molecule has 4 rings (SSSR count). The molecule has 37 heavy (non-hydrogen) atoms. The Hall–Kier alpha value is -3.50. The first-order chi connectivity index (χ1) is 17.7. The Labute approximate surface area is 224 Å². The van der Waals surface area contributed by atoms with Crippen molar-refractivity contribution in [1.29, 1.82) is 0 Å². The van der Waals surface area contributed by atoms with E-state index in [2.05, 4.69) is 21.2 Å². The average molecular weight is 584 g/mol. The maximum absolute atomic E-state index is 13.8. The molecule has 192 valence electrons. The number of nitrogens with one attached hydrogen (secondary N) is 1. The van der Waals surface area contributed by atoms with Gasteiger partial charge in [0.15, 0.2) is 0 Å². The van der Waals surface area contributed by atoms with Crippen LogP contribution in [0, 0.1) is 0 Å². The van der Waals surface area contributed by atoms with Gasteiger partial charge in [-0.3, -0.25) is 14.4 Å². The van der Waals surface area contributed by atoms with Gasteiger partial charge in [-0.2, -0.15) is 0 Å². The molecule has 0 saturated carbocycles. The zero-order valence-electron chi connectivity index (χ0n) is 20.1. The summed E-state index contributed by atoms with van der Waals surface area (Å²) in [6, 6.07) is 21.5. The van der Waals surface area contributed by atoms with Crippen LogP contribution in [-0.4, -0.2) is 54.5 Å². The van der Waals surface area contributed by atoms with Gasteiger partial charge in [0.25, 0.3) is 15.9 Å². The monoisotopic (exact) mass is 583 g/mol. The molecule has 3 amide bonds. The number of nitrogens with zero attached hydrogens (tertiary/aromatic N) is 2. The van der Waals surface area contributed by atoms with Gasteiger partial charge in [0.05, 0.1) is 5.56 Å². The van der Waals surface area contributed by atoms with Gasteiger partial charge in [-0.05, 0) is 42.3 Å². The molecule has 0 fully saturated rings. The molecule has 0 spiro atoms. The first kappa shape index (κ1) is 26.6. The minimum atomic E-state index is -4.19. The Bertz CT molecular complexity index is 1410. The predicted octanol–water partition coefficient (Wildman–Crippen LogP) is 3.37. The summed E-state index contributed by atoms with van der Waals surface area (Å²) < 4.78 is 27.6. The predicted molar refractivity (Wildman–Crippen MR) is 142 cm³/mol. The lowest BCUT2D eigenvalue weighted by atomic mass is 10.0. The van der Waals surface area contributed by atoms with Gasteiger partial charge in [0, 0.05) is 24.0 Å². The van der Waals surface area contributed by atoms with E-state index >= 15 is 0 Å². The molecule has 0 aliphatic carbocycles. The normalized spacial score (nSPS) is 14.6. The van der Waals surface area contributed by atoms with Crippen LogP contribution in [0.15, 0.2) is 88.2 Å². The Balaban J connectivity index is 1.70. The van der Waals surface area contributed by atoms with Crippen LogP contribution in [0.5, 0.6) is 0 Å². The molecular formula is C27H26BrN3O5S. The van der Waals surface area contributed by atoms with Gasteiger partial charge >= 0.3 is 0 Å². The second-order valence-corrected chi connectivity index (χ2v) is 11.3. The fraction of sp³-hybridized carbons (Fsp3) is 0.222. The fourth-order valence-corrected chi connectivity index (χ4v) is 6.02. The van der Waals surface area contributed by atoms with Gasteiger partial charge in [-0.15, -0.1) is 0 Å². The highest BCUT2D eigenvalue weighted by Gasteiger charge is 2.43. The average Bonchev–Trinajstić information content (AvgIpc) is 3.08. The summed E-state index contributed by atoms with van der Waals surface area (Å²) in [5.74, 6) is -1.78. The molecular weight excluding hydrogens is 558 g/mol. The van der Waals surface area contributed by atoms with Crippen molar-refractivity contribution < 1.29 is 22.8 Å². The van der Waals surface area contributed by atoms with Gasteiger partial charge in [-0.25, -0.2) is 12.7 Å². The molecule has 8 nitrogen and oxygen atoms in total. The number of likely N-dealkylation sites (N-methyl/N-ethyl adjacent to an activating group) is 1. The maximum Gasteiger partial charge on any atom is 0.269 e. The van der Waals surface area contributed by atoms with Crippen molar-refractivity contribution in [1.82, 2.24) is 14.5 Å². The lowest BCUT2D eigenvalue weighted by molar-refractivity contribution is -0.141. The molecule has 3 aromatic rings. The molecule has 10 heteroatoms. The molecule has 0 bridgehead atoms. The fourth-order valence-electron chi connectivity index (χ4n) is 4.23. The number of hydrogen-bond acceptors (Lipinski definition) is 5. The molecule has 1 atom stereocenters. The molecule has 1 aliphatic rings. The number of sulfonamides is 1. The largest absolute Gasteiger partial charge is 0.355 e. The third kappa shape index (κ3) is 5.75. The minimum Gasteiger partial charge on any atom is -0.355 e. The Kier molecular flexibility index (Phi) is 8.09. The third-order valence-electron chi connectivity index (χ3n) is 6.08. The summed E-state index contributed by atoms with van der Waals surface area (Å²) in [6.45, 7) is 1.48. The van der Waals surface area contributed by atoms with E-state index in [4.69, 9.17) is 0 Å². The highest BCUT2D eigenvalue weighted by Crippen LogP contribution is 2.30. The summed E-state index contributed by atoms with van der Waals surface area (Å²) in [5.41, 5.74) is 1.61. The van der Waals surface area contributed by atoms with Crippen LogP contribution in [0.4, 0.5) is 0 Å². The standard InChI is InChI=1S/C27H26BrN3O5S/c1-2-29-26(33)23(16-19-8-4-3-5-9-19)30(17-20-12-14-21(28)15-13-20)25(32)18-31-27(34)22-10-6-7-11-24(22)37(31,35)36/h3-15,23H,2,16-18H2,1H3,(H,29,33). The van der Waals surface area contributed by atoms with Crippen molar-refractivity contribution in [3.63, 3.8) is 0 Å². The molecule has 1 aliphatic heterocycles. The van der Waals surface area contributed by atoms with Gasteiger partial charge in [-0.1, -0.05) is 70.5 Å². The minimum absolute atomic E-state index is 0.0271. The summed E-state index contributed by atoms with van der Waals surface area (Å²) in [7, 11) is -4.19. The quantitative estimate of drug-likeness (QED) is 0.416. The zero-order valence-corrected chi connectivity index (χ0v) is 22.5. The second kappa shape index (κ2) is 11.3. The lowest BCUT2D eigenvalue weighted by Gasteiger charge is -2.32. The number of fused-ring (bicyclic) bond motifs is 1. The van der Waals surface area contributed by atoms with E-state index in [0.29, 0.717) is 10.8 Å².